The minimum absolute atomic E-state index is 0.158. The van der Waals surface area contributed by atoms with E-state index in [4.69, 9.17) is 0 Å². The summed E-state index contributed by atoms with van der Waals surface area (Å²) in [6.45, 7) is 9.35. The van der Waals surface area contributed by atoms with E-state index < -0.39 is 0 Å². The van der Waals surface area contributed by atoms with Gasteiger partial charge in [0.25, 0.3) is 0 Å². The molecule has 1 rings (SSSR count). The summed E-state index contributed by atoms with van der Waals surface area (Å²) in [5, 5.41) is 8.89. The number of nitrogens with one attached hydrogen (secondary N) is 2. The molecule has 0 atom stereocenters. The summed E-state index contributed by atoms with van der Waals surface area (Å²) in [7, 11) is 0. The molecule has 0 radical (unpaired) electrons. The summed E-state index contributed by atoms with van der Waals surface area (Å²) in [6.07, 6.45) is 0. The van der Waals surface area contributed by atoms with Crippen LogP contribution in [0.1, 0.15) is 26.5 Å². The SMILES string of the molecule is CCNC(C)(C)CNCc1cscn1. The Kier molecular flexibility index (Phi) is 4.51. The zero-order valence-corrected chi connectivity index (χ0v) is 9.95. The molecule has 0 saturated heterocycles. The second-order valence-electron chi connectivity index (χ2n) is 4.00. The van der Waals surface area contributed by atoms with E-state index in [2.05, 4.69) is 41.8 Å². The van der Waals surface area contributed by atoms with Gasteiger partial charge in [-0.05, 0) is 20.4 Å². The lowest BCUT2D eigenvalue weighted by atomic mass is 10.1. The Bertz CT molecular complexity index is 244. The zero-order chi connectivity index (χ0) is 10.4. The third-order valence-electron chi connectivity index (χ3n) is 2.01. The van der Waals surface area contributed by atoms with E-state index in [9.17, 15) is 0 Å². The van der Waals surface area contributed by atoms with Crippen LogP contribution >= 0.6 is 11.3 Å². The Morgan fingerprint density at radius 1 is 1.50 bits per heavy atom. The Morgan fingerprint density at radius 2 is 2.29 bits per heavy atom. The van der Waals surface area contributed by atoms with Gasteiger partial charge >= 0.3 is 0 Å². The average molecular weight is 213 g/mol. The van der Waals surface area contributed by atoms with Gasteiger partial charge in [-0.15, -0.1) is 11.3 Å². The molecule has 0 aliphatic heterocycles. The van der Waals surface area contributed by atoms with Crippen LogP contribution in [-0.4, -0.2) is 23.6 Å². The third-order valence-corrected chi connectivity index (χ3v) is 2.65. The highest BCUT2D eigenvalue weighted by Gasteiger charge is 2.14. The molecule has 1 aromatic heterocycles. The summed E-state index contributed by atoms with van der Waals surface area (Å²) in [5.74, 6) is 0. The predicted molar refractivity (Wildman–Crippen MR) is 61.6 cm³/mol. The van der Waals surface area contributed by atoms with Crippen LogP contribution in [0.3, 0.4) is 0 Å². The third kappa shape index (κ3) is 4.17. The van der Waals surface area contributed by atoms with E-state index in [1.54, 1.807) is 11.3 Å². The Morgan fingerprint density at radius 3 is 2.86 bits per heavy atom. The number of aromatic nitrogens is 1. The van der Waals surface area contributed by atoms with Gasteiger partial charge in [0.2, 0.25) is 0 Å². The number of hydrogen-bond acceptors (Lipinski definition) is 4. The van der Waals surface area contributed by atoms with Crippen LogP contribution in [0, 0.1) is 0 Å². The monoisotopic (exact) mass is 213 g/mol. The van der Waals surface area contributed by atoms with Crippen LogP contribution in [0.2, 0.25) is 0 Å². The predicted octanol–water partition coefficient (Wildman–Crippen LogP) is 1.62. The molecule has 0 aliphatic rings. The number of likely N-dealkylation sites (N-methyl/N-ethyl adjacent to an activating group) is 1. The molecule has 0 unspecified atom stereocenters. The van der Waals surface area contributed by atoms with Crippen molar-refractivity contribution in [2.75, 3.05) is 13.1 Å². The largest absolute Gasteiger partial charge is 0.311 e. The lowest BCUT2D eigenvalue weighted by Crippen LogP contribution is -2.47. The van der Waals surface area contributed by atoms with E-state index in [1.807, 2.05) is 5.51 Å². The van der Waals surface area contributed by atoms with Gasteiger partial charge in [0.1, 0.15) is 0 Å². The van der Waals surface area contributed by atoms with E-state index >= 15 is 0 Å². The Balaban J connectivity index is 2.20. The number of nitrogens with zero attached hydrogens (tertiary/aromatic N) is 1. The van der Waals surface area contributed by atoms with Gasteiger partial charge in [-0.2, -0.15) is 0 Å². The molecule has 4 heteroatoms. The Labute approximate surface area is 89.9 Å². The van der Waals surface area contributed by atoms with Crippen LogP contribution < -0.4 is 10.6 Å². The van der Waals surface area contributed by atoms with Gasteiger partial charge in [-0.3, -0.25) is 0 Å². The minimum atomic E-state index is 0.158. The fourth-order valence-corrected chi connectivity index (χ4v) is 1.93. The molecule has 1 heterocycles. The topological polar surface area (TPSA) is 37.0 Å². The number of rotatable bonds is 6. The molecule has 2 N–H and O–H groups in total. The van der Waals surface area contributed by atoms with E-state index in [-0.39, 0.29) is 5.54 Å². The van der Waals surface area contributed by atoms with Crippen LogP contribution in [0.25, 0.3) is 0 Å². The van der Waals surface area contributed by atoms with Crippen LogP contribution in [0.4, 0.5) is 0 Å². The molecule has 80 valence electrons. The van der Waals surface area contributed by atoms with Crippen molar-refractivity contribution in [3.05, 3.63) is 16.6 Å². The van der Waals surface area contributed by atoms with Crippen molar-refractivity contribution in [3.63, 3.8) is 0 Å². The minimum Gasteiger partial charge on any atom is -0.311 e. The molecule has 1 aromatic rings. The van der Waals surface area contributed by atoms with Gasteiger partial charge in [0.15, 0.2) is 0 Å². The smallest absolute Gasteiger partial charge is 0.0795 e. The fraction of sp³-hybridized carbons (Fsp3) is 0.700. The zero-order valence-electron chi connectivity index (χ0n) is 9.13. The molecule has 0 saturated carbocycles. The maximum absolute atomic E-state index is 4.22. The second kappa shape index (κ2) is 5.44. The first-order valence-corrected chi connectivity index (χ1v) is 5.91. The van der Waals surface area contributed by atoms with Gasteiger partial charge in [0.05, 0.1) is 11.2 Å². The molecule has 0 bridgehead atoms. The van der Waals surface area contributed by atoms with E-state index in [0.29, 0.717) is 0 Å². The first-order chi connectivity index (χ1) is 6.64. The van der Waals surface area contributed by atoms with Gasteiger partial charge in [0, 0.05) is 24.0 Å². The van der Waals surface area contributed by atoms with E-state index in [1.165, 1.54) is 0 Å². The molecule has 0 spiro atoms. The molecule has 0 fully saturated rings. The van der Waals surface area contributed by atoms with Gasteiger partial charge in [-0.25, -0.2) is 4.98 Å². The second-order valence-corrected chi connectivity index (χ2v) is 4.72. The quantitative estimate of drug-likeness (QED) is 0.754. The van der Waals surface area contributed by atoms with Gasteiger partial charge in [-0.1, -0.05) is 6.92 Å². The molecule has 14 heavy (non-hydrogen) atoms. The highest BCUT2D eigenvalue weighted by atomic mass is 32.1. The summed E-state index contributed by atoms with van der Waals surface area (Å²) in [4.78, 5) is 4.22. The van der Waals surface area contributed by atoms with Crippen molar-refractivity contribution in [1.82, 2.24) is 15.6 Å². The summed E-state index contributed by atoms with van der Waals surface area (Å²) >= 11 is 1.64. The van der Waals surface area contributed by atoms with Crippen molar-refractivity contribution in [2.45, 2.75) is 32.9 Å². The highest BCUT2D eigenvalue weighted by molar-refractivity contribution is 7.07. The van der Waals surface area contributed by atoms with Gasteiger partial charge < -0.3 is 10.6 Å². The molecular weight excluding hydrogens is 194 g/mol. The lowest BCUT2D eigenvalue weighted by molar-refractivity contribution is 0.372. The van der Waals surface area contributed by atoms with Crippen LogP contribution in [-0.2, 0) is 6.54 Å². The first kappa shape index (κ1) is 11.6. The summed E-state index contributed by atoms with van der Waals surface area (Å²) in [6, 6.07) is 0. The molecular formula is C10H19N3S. The van der Waals surface area contributed by atoms with E-state index in [0.717, 1.165) is 25.3 Å². The summed E-state index contributed by atoms with van der Waals surface area (Å²) < 4.78 is 0. The Hall–Kier alpha value is -0.450. The fourth-order valence-electron chi connectivity index (χ4n) is 1.37. The molecule has 0 aliphatic carbocycles. The molecule has 0 aromatic carbocycles. The van der Waals surface area contributed by atoms with Crippen molar-refractivity contribution >= 4 is 11.3 Å². The molecule has 0 amide bonds. The normalized spacial score (nSPS) is 11.9. The maximum atomic E-state index is 4.22. The van der Waals surface area contributed by atoms with Crippen molar-refractivity contribution < 1.29 is 0 Å². The van der Waals surface area contributed by atoms with Crippen LogP contribution in [0.5, 0.6) is 0 Å². The average Bonchev–Trinajstić information content (AvgIpc) is 2.56. The highest BCUT2D eigenvalue weighted by Crippen LogP contribution is 2.02. The lowest BCUT2D eigenvalue weighted by Gasteiger charge is -2.25. The van der Waals surface area contributed by atoms with Crippen LogP contribution in [0.15, 0.2) is 10.9 Å². The maximum Gasteiger partial charge on any atom is 0.0795 e. The number of hydrogen-bond donors (Lipinski definition) is 2. The molecule has 3 nitrogen and oxygen atoms in total. The first-order valence-electron chi connectivity index (χ1n) is 4.97. The number of thiazole rings is 1. The summed E-state index contributed by atoms with van der Waals surface area (Å²) in [5.41, 5.74) is 3.15. The standard InChI is InChI=1S/C10H19N3S/c1-4-13-10(2,3)7-11-5-9-6-14-8-12-9/h6,8,11,13H,4-5,7H2,1-3H3. The van der Waals surface area contributed by atoms with Crippen molar-refractivity contribution in [1.29, 1.82) is 0 Å². The van der Waals surface area contributed by atoms with Crippen molar-refractivity contribution in [3.8, 4) is 0 Å². The van der Waals surface area contributed by atoms with Crippen molar-refractivity contribution in [2.24, 2.45) is 0 Å².